The third-order valence-electron chi connectivity index (χ3n) is 2.80. The highest BCUT2D eigenvalue weighted by Crippen LogP contribution is 2.15. The number of aliphatic imine (C=N–C) groups is 1. The fourth-order valence-corrected chi connectivity index (χ4v) is 2.00. The Morgan fingerprint density at radius 1 is 1.33 bits per heavy atom. The first-order valence-electron chi connectivity index (χ1n) is 6.43. The zero-order valence-electron chi connectivity index (χ0n) is 12.6. The summed E-state index contributed by atoms with van der Waals surface area (Å²) in [5.74, 6) is 1.51. The summed E-state index contributed by atoms with van der Waals surface area (Å²) in [7, 11) is 3.37. The molecule has 0 aliphatic carbocycles. The lowest BCUT2D eigenvalue weighted by Gasteiger charge is -2.18. The highest BCUT2D eigenvalue weighted by molar-refractivity contribution is 14.0. The van der Waals surface area contributed by atoms with E-state index in [0.717, 1.165) is 23.8 Å². The molecule has 0 aromatic heterocycles. The van der Waals surface area contributed by atoms with E-state index in [-0.39, 0.29) is 35.9 Å². The fourth-order valence-electron chi connectivity index (χ4n) is 1.70. The molecular formula is C14H23FIN3OS. The Hall–Kier alpha value is -0.540. The van der Waals surface area contributed by atoms with Crippen LogP contribution in [0.2, 0.25) is 0 Å². The van der Waals surface area contributed by atoms with Crippen LogP contribution >= 0.6 is 35.7 Å². The molecule has 120 valence electrons. The fraction of sp³-hybridized carbons (Fsp3) is 0.500. The van der Waals surface area contributed by atoms with Crippen LogP contribution < -0.4 is 10.6 Å². The summed E-state index contributed by atoms with van der Waals surface area (Å²) >= 11 is 1.78. The van der Waals surface area contributed by atoms with Crippen LogP contribution in [0, 0.1) is 5.82 Å². The minimum absolute atomic E-state index is 0. The van der Waals surface area contributed by atoms with Crippen molar-refractivity contribution in [2.24, 2.45) is 4.99 Å². The van der Waals surface area contributed by atoms with Crippen molar-refractivity contribution in [3.05, 3.63) is 35.6 Å². The molecule has 0 heterocycles. The maximum atomic E-state index is 12.9. The van der Waals surface area contributed by atoms with Crippen LogP contribution in [0.1, 0.15) is 11.7 Å². The van der Waals surface area contributed by atoms with Crippen LogP contribution in [0.3, 0.4) is 0 Å². The number of benzene rings is 1. The summed E-state index contributed by atoms with van der Waals surface area (Å²) in [6.45, 7) is 1.43. The third-order valence-corrected chi connectivity index (χ3v) is 3.42. The van der Waals surface area contributed by atoms with Gasteiger partial charge in [-0.05, 0) is 24.0 Å². The normalized spacial score (nSPS) is 12.5. The third kappa shape index (κ3) is 7.87. The SMILES string of the molecule is CN=C(NCCSC)NCC(OC)c1ccc(F)cc1.I. The van der Waals surface area contributed by atoms with E-state index in [1.165, 1.54) is 12.1 Å². The number of nitrogens with zero attached hydrogens (tertiary/aromatic N) is 1. The second-order valence-corrected chi connectivity index (χ2v) is 5.13. The Labute approximate surface area is 147 Å². The van der Waals surface area contributed by atoms with Crippen LogP contribution in [0.4, 0.5) is 4.39 Å². The van der Waals surface area contributed by atoms with Crippen LogP contribution in [-0.4, -0.2) is 45.2 Å². The molecule has 0 saturated heterocycles. The molecule has 1 unspecified atom stereocenters. The predicted octanol–water partition coefficient (Wildman–Crippen LogP) is 2.66. The van der Waals surface area contributed by atoms with E-state index in [1.807, 2.05) is 0 Å². The molecule has 0 amide bonds. The summed E-state index contributed by atoms with van der Waals surface area (Å²) in [6.07, 6.45) is 1.92. The van der Waals surface area contributed by atoms with E-state index < -0.39 is 0 Å². The van der Waals surface area contributed by atoms with Gasteiger partial charge in [-0.2, -0.15) is 11.8 Å². The molecule has 0 saturated carbocycles. The average Bonchev–Trinajstić information content (AvgIpc) is 2.47. The number of methoxy groups -OCH3 is 1. The van der Waals surface area contributed by atoms with Crippen molar-refractivity contribution in [2.45, 2.75) is 6.10 Å². The molecule has 0 radical (unpaired) electrons. The monoisotopic (exact) mass is 427 g/mol. The molecule has 0 aliphatic rings. The van der Waals surface area contributed by atoms with Crippen molar-refractivity contribution < 1.29 is 9.13 Å². The van der Waals surface area contributed by atoms with Gasteiger partial charge in [-0.1, -0.05) is 12.1 Å². The first-order chi connectivity index (χ1) is 9.71. The molecule has 0 aliphatic heterocycles. The number of halogens is 2. The van der Waals surface area contributed by atoms with E-state index >= 15 is 0 Å². The first-order valence-corrected chi connectivity index (χ1v) is 7.82. The molecule has 0 bridgehead atoms. The van der Waals surface area contributed by atoms with Crippen molar-refractivity contribution in [3.63, 3.8) is 0 Å². The van der Waals surface area contributed by atoms with Crippen molar-refractivity contribution >= 4 is 41.7 Å². The van der Waals surface area contributed by atoms with Gasteiger partial charge in [0.25, 0.3) is 0 Å². The number of thioether (sulfide) groups is 1. The first kappa shape index (κ1) is 20.5. The van der Waals surface area contributed by atoms with Crippen molar-refractivity contribution in [3.8, 4) is 0 Å². The predicted molar refractivity (Wildman–Crippen MR) is 99.3 cm³/mol. The van der Waals surface area contributed by atoms with Gasteiger partial charge in [-0.3, -0.25) is 4.99 Å². The number of ether oxygens (including phenoxy) is 1. The molecule has 7 heteroatoms. The van der Waals surface area contributed by atoms with E-state index in [9.17, 15) is 4.39 Å². The summed E-state index contributed by atoms with van der Waals surface area (Å²) < 4.78 is 18.3. The van der Waals surface area contributed by atoms with Crippen LogP contribution in [0.5, 0.6) is 0 Å². The lowest BCUT2D eigenvalue weighted by atomic mass is 10.1. The number of rotatable bonds is 7. The topological polar surface area (TPSA) is 45.7 Å². The standard InChI is InChI=1S/C14H22FN3OS.HI/c1-16-14(17-8-9-20-3)18-10-13(19-2)11-4-6-12(15)7-5-11;/h4-7,13H,8-10H2,1-3H3,(H2,16,17,18);1H. The maximum Gasteiger partial charge on any atom is 0.191 e. The summed E-state index contributed by atoms with van der Waals surface area (Å²) in [5, 5.41) is 6.42. The van der Waals surface area contributed by atoms with Gasteiger partial charge in [0.15, 0.2) is 5.96 Å². The Balaban J connectivity index is 0.00000400. The lowest BCUT2D eigenvalue weighted by molar-refractivity contribution is 0.106. The van der Waals surface area contributed by atoms with Gasteiger partial charge in [-0.25, -0.2) is 4.39 Å². The smallest absolute Gasteiger partial charge is 0.191 e. The van der Waals surface area contributed by atoms with Crippen molar-refractivity contribution in [1.29, 1.82) is 0 Å². The van der Waals surface area contributed by atoms with Crippen molar-refractivity contribution in [1.82, 2.24) is 10.6 Å². The Morgan fingerprint density at radius 2 is 2.00 bits per heavy atom. The average molecular weight is 427 g/mol. The number of hydrogen-bond acceptors (Lipinski definition) is 3. The Morgan fingerprint density at radius 3 is 2.52 bits per heavy atom. The summed E-state index contributed by atoms with van der Waals surface area (Å²) in [6, 6.07) is 6.34. The molecule has 21 heavy (non-hydrogen) atoms. The van der Waals surface area contributed by atoms with Gasteiger partial charge < -0.3 is 15.4 Å². The number of nitrogens with one attached hydrogen (secondary N) is 2. The highest BCUT2D eigenvalue weighted by atomic mass is 127. The summed E-state index contributed by atoms with van der Waals surface area (Å²) in [5.41, 5.74) is 0.931. The second kappa shape index (κ2) is 12.0. The lowest BCUT2D eigenvalue weighted by Crippen LogP contribution is -2.40. The van der Waals surface area contributed by atoms with E-state index in [0.29, 0.717) is 6.54 Å². The zero-order chi connectivity index (χ0) is 14.8. The minimum Gasteiger partial charge on any atom is -0.375 e. The molecule has 2 N–H and O–H groups in total. The quantitative estimate of drug-likeness (QED) is 0.304. The molecule has 0 fully saturated rings. The van der Waals surface area contributed by atoms with E-state index in [2.05, 4.69) is 21.9 Å². The van der Waals surface area contributed by atoms with Gasteiger partial charge in [0.1, 0.15) is 5.82 Å². The Bertz CT molecular complexity index is 417. The van der Waals surface area contributed by atoms with Crippen LogP contribution in [-0.2, 0) is 4.74 Å². The van der Waals surface area contributed by atoms with Gasteiger partial charge in [-0.15, -0.1) is 24.0 Å². The van der Waals surface area contributed by atoms with E-state index in [4.69, 9.17) is 4.74 Å². The van der Waals surface area contributed by atoms with Gasteiger partial charge in [0.2, 0.25) is 0 Å². The van der Waals surface area contributed by atoms with Gasteiger partial charge >= 0.3 is 0 Å². The largest absolute Gasteiger partial charge is 0.375 e. The van der Waals surface area contributed by atoms with Crippen LogP contribution in [0.15, 0.2) is 29.3 Å². The maximum absolute atomic E-state index is 12.9. The Kier molecular flexibility index (Phi) is 11.7. The van der Waals surface area contributed by atoms with E-state index in [1.54, 1.807) is 38.1 Å². The van der Waals surface area contributed by atoms with Crippen LogP contribution in [0.25, 0.3) is 0 Å². The molecule has 1 atom stereocenters. The van der Waals surface area contributed by atoms with Gasteiger partial charge in [0.05, 0.1) is 6.10 Å². The second-order valence-electron chi connectivity index (χ2n) is 4.15. The molecular weight excluding hydrogens is 404 g/mol. The molecule has 1 aromatic carbocycles. The molecule has 1 rings (SSSR count). The summed E-state index contributed by atoms with van der Waals surface area (Å²) in [4.78, 5) is 4.14. The zero-order valence-corrected chi connectivity index (χ0v) is 15.7. The molecule has 0 spiro atoms. The van der Waals surface area contributed by atoms with Crippen molar-refractivity contribution in [2.75, 3.05) is 39.3 Å². The highest BCUT2D eigenvalue weighted by Gasteiger charge is 2.11. The number of guanidine groups is 1. The van der Waals surface area contributed by atoms with Gasteiger partial charge in [0, 0.05) is 33.0 Å². The minimum atomic E-state index is -0.244. The number of hydrogen-bond donors (Lipinski definition) is 2. The molecule has 4 nitrogen and oxygen atoms in total. The molecule has 1 aromatic rings.